The van der Waals surface area contributed by atoms with E-state index in [0.717, 1.165) is 16.7 Å². The first-order valence-corrected chi connectivity index (χ1v) is 5.67. The van der Waals surface area contributed by atoms with Crippen molar-refractivity contribution in [2.24, 2.45) is 0 Å². The van der Waals surface area contributed by atoms with Crippen molar-refractivity contribution < 1.29 is 9.84 Å². The van der Waals surface area contributed by atoms with Crippen LogP contribution < -0.4 is 4.74 Å². The predicted molar refractivity (Wildman–Crippen MR) is 67.0 cm³/mol. The third-order valence-electron chi connectivity index (χ3n) is 2.02. The molecule has 0 aliphatic rings. The Hall–Kier alpha value is -0.880. The smallest absolute Gasteiger partial charge is 0.121 e. The van der Waals surface area contributed by atoms with Gasteiger partial charge in [-0.3, -0.25) is 4.98 Å². The predicted octanol–water partition coefficient (Wildman–Crippen LogP) is 2.21. The lowest BCUT2D eigenvalue weighted by atomic mass is 10.2. The van der Waals surface area contributed by atoms with Gasteiger partial charge >= 0.3 is 0 Å². The van der Waals surface area contributed by atoms with Crippen LogP contribution in [0.4, 0.5) is 0 Å². The molecule has 0 spiro atoms. The molecule has 1 heterocycles. The summed E-state index contributed by atoms with van der Waals surface area (Å²) in [5.41, 5.74) is 0.914. The minimum Gasteiger partial charge on any atom is -0.491 e. The highest BCUT2D eigenvalue weighted by Crippen LogP contribution is 2.22. The Bertz CT molecular complexity index is 473. The Kier molecular flexibility index (Phi) is 3.37. The van der Waals surface area contributed by atoms with Gasteiger partial charge in [0, 0.05) is 21.2 Å². The van der Waals surface area contributed by atoms with E-state index in [9.17, 15) is 0 Å². The molecular weight excluding hydrogens is 305 g/mol. The summed E-state index contributed by atoms with van der Waals surface area (Å²) < 4.78 is 6.48. The van der Waals surface area contributed by atoms with E-state index in [-0.39, 0.29) is 6.61 Å². The lowest BCUT2D eigenvalue weighted by Gasteiger charge is -2.05. The van der Waals surface area contributed by atoms with Gasteiger partial charge in [-0.15, -0.1) is 0 Å². The fraction of sp³-hybridized carbons (Fsp3) is 0.182. The van der Waals surface area contributed by atoms with Gasteiger partial charge in [0.15, 0.2) is 0 Å². The zero-order valence-corrected chi connectivity index (χ0v) is 10.1. The molecule has 2 rings (SSSR count). The van der Waals surface area contributed by atoms with Crippen molar-refractivity contribution in [3.8, 4) is 5.75 Å². The Morgan fingerprint density at radius 1 is 1.33 bits per heavy atom. The molecule has 78 valence electrons. The highest BCUT2D eigenvalue weighted by Gasteiger charge is 2.01. The van der Waals surface area contributed by atoms with E-state index in [4.69, 9.17) is 9.84 Å². The molecule has 15 heavy (non-hydrogen) atoms. The van der Waals surface area contributed by atoms with Gasteiger partial charge in [0.25, 0.3) is 0 Å². The maximum absolute atomic E-state index is 8.64. The number of aromatic nitrogens is 1. The number of ether oxygens (including phenoxy) is 1. The molecule has 2 aromatic rings. The maximum Gasteiger partial charge on any atom is 0.121 e. The van der Waals surface area contributed by atoms with Crippen molar-refractivity contribution in [1.29, 1.82) is 0 Å². The number of benzene rings is 1. The van der Waals surface area contributed by atoms with Gasteiger partial charge in [0.1, 0.15) is 12.4 Å². The van der Waals surface area contributed by atoms with Gasteiger partial charge in [-0.25, -0.2) is 0 Å². The van der Waals surface area contributed by atoms with Crippen LogP contribution in [0.3, 0.4) is 0 Å². The number of halogens is 1. The summed E-state index contributed by atoms with van der Waals surface area (Å²) in [5.74, 6) is 0.742. The Labute approximate surface area is 101 Å². The van der Waals surface area contributed by atoms with Crippen molar-refractivity contribution >= 4 is 33.5 Å². The van der Waals surface area contributed by atoms with Crippen molar-refractivity contribution in [2.45, 2.75) is 0 Å². The van der Waals surface area contributed by atoms with Crippen LogP contribution in [-0.4, -0.2) is 23.3 Å². The van der Waals surface area contributed by atoms with Gasteiger partial charge in [0.05, 0.1) is 12.1 Å². The van der Waals surface area contributed by atoms with E-state index >= 15 is 0 Å². The van der Waals surface area contributed by atoms with Crippen molar-refractivity contribution in [2.75, 3.05) is 13.2 Å². The van der Waals surface area contributed by atoms with E-state index in [1.54, 1.807) is 6.20 Å². The summed E-state index contributed by atoms with van der Waals surface area (Å²) >= 11 is 2.28. The largest absolute Gasteiger partial charge is 0.491 e. The lowest BCUT2D eigenvalue weighted by molar-refractivity contribution is 0.201. The van der Waals surface area contributed by atoms with Gasteiger partial charge in [-0.05, 0) is 40.8 Å². The Morgan fingerprint density at radius 2 is 2.20 bits per heavy atom. The van der Waals surface area contributed by atoms with E-state index in [1.807, 2.05) is 24.3 Å². The molecule has 0 saturated heterocycles. The van der Waals surface area contributed by atoms with Crippen molar-refractivity contribution in [1.82, 2.24) is 4.98 Å². The molecule has 0 atom stereocenters. The molecule has 4 heteroatoms. The first-order chi connectivity index (χ1) is 7.31. The summed E-state index contributed by atoms with van der Waals surface area (Å²) in [4.78, 5) is 4.26. The fourth-order valence-corrected chi connectivity index (χ4v) is 1.96. The zero-order valence-electron chi connectivity index (χ0n) is 7.98. The summed E-state index contributed by atoms with van der Waals surface area (Å²) in [6.45, 7) is 0.340. The second-order valence-corrected chi connectivity index (χ2v) is 4.21. The minimum atomic E-state index is 0.0256. The van der Waals surface area contributed by atoms with E-state index in [2.05, 4.69) is 27.6 Å². The second kappa shape index (κ2) is 4.76. The van der Waals surface area contributed by atoms with Crippen molar-refractivity contribution in [3.05, 3.63) is 34.0 Å². The van der Waals surface area contributed by atoms with E-state index < -0.39 is 0 Å². The Balaban J connectivity index is 2.39. The van der Waals surface area contributed by atoms with Crippen LogP contribution in [0.25, 0.3) is 10.9 Å². The normalized spacial score (nSPS) is 10.5. The van der Waals surface area contributed by atoms with Crippen LogP contribution in [0.1, 0.15) is 0 Å². The molecule has 1 aromatic heterocycles. The number of pyridine rings is 1. The quantitative estimate of drug-likeness (QED) is 0.883. The van der Waals surface area contributed by atoms with Gasteiger partial charge in [-0.1, -0.05) is 0 Å². The van der Waals surface area contributed by atoms with Crippen LogP contribution in [-0.2, 0) is 0 Å². The molecule has 0 fully saturated rings. The molecule has 0 unspecified atom stereocenters. The topological polar surface area (TPSA) is 42.4 Å². The highest BCUT2D eigenvalue weighted by molar-refractivity contribution is 14.1. The van der Waals surface area contributed by atoms with Crippen LogP contribution in [0, 0.1) is 3.57 Å². The third kappa shape index (κ3) is 2.38. The average molecular weight is 315 g/mol. The summed E-state index contributed by atoms with van der Waals surface area (Å²) in [5, 5.41) is 9.76. The molecule has 0 saturated carbocycles. The number of hydrogen-bond donors (Lipinski definition) is 1. The Morgan fingerprint density at radius 3 is 3.00 bits per heavy atom. The molecule has 3 nitrogen and oxygen atoms in total. The molecule has 0 aliphatic carbocycles. The first kappa shape index (κ1) is 10.6. The molecule has 0 amide bonds. The molecular formula is C11H10INO2. The third-order valence-corrected chi connectivity index (χ3v) is 2.96. The van der Waals surface area contributed by atoms with Crippen LogP contribution >= 0.6 is 22.6 Å². The standard InChI is InChI=1S/C11H10INO2/c12-10-3-4-13-11-7-8(15-6-5-14)1-2-9(10)11/h1-4,7,14H,5-6H2. The number of rotatable bonds is 3. The summed E-state index contributed by atoms with van der Waals surface area (Å²) in [6.07, 6.45) is 1.78. The monoisotopic (exact) mass is 315 g/mol. The summed E-state index contributed by atoms with van der Waals surface area (Å²) in [7, 11) is 0. The molecule has 1 aromatic carbocycles. The van der Waals surface area contributed by atoms with E-state index in [1.165, 1.54) is 3.57 Å². The first-order valence-electron chi connectivity index (χ1n) is 4.59. The maximum atomic E-state index is 8.64. The highest BCUT2D eigenvalue weighted by atomic mass is 127. The SMILES string of the molecule is OCCOc1ccc2c(I)ccnc2c1. The van der Waals surface area contributed by atoms with Crippen LogP contribution in [0.5, 0.6) is 5.75 Å². The van der Waals surface area contributed by atoms with Gasteiger partial charge < -0.3 is 9.84 Å². The number of aliphatic hydroxyl groups is 1. The zero-order chi connectivity index (χ0) is 10.7. The lowest BCUT2D eigenvalue weighted by Crippen LogP contribution is -2.01. The van der Waals surface area contributed by atoms with Gasteiger partial charge in [-0.2, -0.15) is 0 Å². The minimum absolute atomic E-state index is 0.0256. The fourth-order valence-electron chi connectivity index (χ4n) is 1.35. The number of fused-ring (bicyclic) bond motifs is 1. The average Bonchev–Trinajstić information content (AvgIpc) is 2.26. The molecule has 0 bridgehead atoms. The van der Waals surface area contributed by atoms with E-state index in [0.29, 0.717) is 6.61 Å². The van der Waals surface area contributed by atoms with Gasteiger partial charge in [0.2, 0.25) is 0 Å². The number of hydrogen-bond acceptors (Lipinski definition) is 3. The number of aliphatic hydroxyl groups excluding tert-OH is 1. The molecule has 0 radical (unpaired) electrons. The molecule has 1 N–H and O–H groups in total. The van der Waals surface area contributed by atoms with Crippen LogP contribution in [0.2, 0.25) is 0 Å². The van der Waals surface area contributed by atoms with Crippen LogP contribution in [0.15, 0.2) is 30.5 Å². The number of nitrogens with zero attached hydrogens (tertiary/aromatic N) is 1. The summed E-state index contributed by atoms with van der Waals surface area (Å²) in [6, 6.07) is 7.73. The second-order valence-electron chi connectivity index (χ2n) is 3.04. The van der Waals surface area contributed by atoms with Crippen molar-refractivity contribution in [3.63, 3.8) is 0 Å². The molecule has 0 aliphatic heterocycles.